The van der Waals surface area contributed by atoms with Crippen molar-refractivity contribution < 1.29 is 19.1 Å². The summed E-state index contributed by atoms with van der Waals surface area (Å²) < 4.78 is 10.4. The maximum atomic E-state index is 12.1. The zero-order valence-corrected chi connectivity index (χ0v) is 17.8. The van der Waals surface area contributed by atoms with Crippen molar-refractivity contribution in [2.75, 3.05) is 43.1 Å². The minimum atomic E-state index is -0.476. The van der Waals surface area contributed by atoms with Crippen LogP contribution in [0, 0.1) is 0 Å². The first kappa shape index (κ1) is 20.5. The highest BCUT2D eigenvalue weighted by Crippen LogP contribution is 2.28. The average Bonchev–Trinajstić information content (AvgIpc) is 3.45. The maximum absolute atomic E-state index is 12.1. The summed E-state index contributed by atoms with van der Waals surface area (Å²) in [5.74, 6) is -0.851. The first-order chi connectivity index (χ1) is 14.7. The molecule has 0 atom stereocenters. The number of hydrogen-bond donors (Lipinski definition) is 1. The summed E-state index contributed by atoms with van der Waals surface area (Å²) in [4.78, 5) is 31.9. The molecule has 0 unspecified atom stereocenters. The number of nitrogens with one attached hydrogen (secondary N) is 1. The van der Waals surface area contributed by atoms with Gasteiger partial charge in [0.2, 0.25) is 0 Å². The molecule has 1 aliphatic rings. The van der Waals surface area contributed by atoms with Crippen molar-refractivity contribution in [3.8, 4) is 9.88 Å². The lowest BCUT2D eigenvalue weighted by Crippen LogP contribution is -2.36. The molecule has 3 aromatic rings. The summed E-state index contributed by atoms with van der Waals surface area (Å²) in [6.07, 6.45) is 0.0450. The highest BCUT2D eigenvalue weighted by molar-refractivity contribution is 7.20. The fourth-order valence-electron chi connectivity index (χ4n) is 3.02. The normalized spacial score (nSPS) is 13.8. The molecule has 1 saturated heterocycles. The average molecular weight is 444 g/mol. The number of rotatable bonds is 7. The van der Waals surface area contributed by atoms with Gasteiger partial charge in [-0.1, -0.05) is 6.07 Å². The molecule has 1 aliphatic heterocycles. The van der Waals surface area contributed by atoms with Gasteiger partial charge >= 0.3 is 5.97 Å². The van der Waals surface area contributed by atoms with Crippen molar-refractivity contribution in [2.45, 2.75) is 6.42 Å². The molecule has 1 N–H and O–H groups in total. The van der Waals surface area contributed by atoms with Crippen LogP contribution in [0.4, 0.5) is 11.4 Å². The molecule has 3 heterocycles. The SMILES string of the molecule is O=C(COC(=O)Cc1csc(-c2cccs2)n1)Nc1ccc(N2CCOCC2)cc1. The van der Waals surface area contributed by atoms with E-state index in [1.54, 1.807) is 11.3 Å². The third-order valence-electron chi connectivity index (χ3n) is 4.50. The van der Waals surface area contributed by atoms with Crippen LogP contribution >= 0.6 is 22.7 Å². The van der Waals surface area contributed by atoms with E-state index >= 15 is 0 Å². The fourth-order valence-corrected chi connectivity index (χ4v) is 4.65. The number of carbonyl (C=O) groups is 2. The monoisotopic (exact) mass is 443 g/mol. The van der Waals surface area contributed by atoms with Gasteiger partial charge in [-0.2, -0.15) is 0 Å². The lowest BCUT2D eigenvalue weighted by atomic mass is 10.2. The zero-order valence-electron chi connectivity index (χ0n) is 16.2. The van der Waals surface area contributed by atoms with Crippen LogP contribution in [0.1, 0.15) is 5.69 Å². The van der Waals surface area contributed by atoms with Gasteiger partial charge in [0.1, 0.15) is 5.01 Å². The van der Waals surface area contributed by atoms with Gasteiger partial charge in [0.25, 0.3) is 5.91 Å². The van der Waals surface area contributed by atoms with Gasteiger partial charge in [0, 0.05) is 29.8 Å². The summed E-state index contributed by atoms with van der Waals surface area (Å²) >= 11 is 3.09. The number of aromatic nitrogens is 1. The molecule has 1 fully saturated rings. The Balaban J connectivity index is 1.22. The maximum Gasteiger partial charge on any atom is 0.312 e. The van der Waals surface area contributed by atoms with E-state index in [0.717, 1.165) is 41.9 Å². The number of ether oxygens (including phenoxy) is 2. The van der Waals surface area contributed by atoms with Crippen molar-refractivity contribution in [3.05, 3.63) is 52.9 Å². The number of thiophene rings is 1. The van der Waals surface area contributed by atoms with E-state index in [-0.39, 0.29) is 18.9 Å². The molecule has 0 spiro atoms. The molecule has 2 aromatic heterocycles. The molecule has 1 aromatic carbocycles. The number of anilines is 2. The van der Waals surface area contributed by atoms with E-state index in [9.17, 15) is 9.59 Å². The summed E-state index contributed by atoms with van der Waals surface area (Å²) in [5.41, 5.74) is 2.40. The van der Waals surface area contributed by atoms with Crippen molar-refractivity contribution >= 4 is 45.9 Å². The molecule has 0 aliphatic carbocycles. The van der Waals surface area contributed by atoms with Crippen LogP contribution in [-0.2, 0) is 25.5 Å². The summed E-state index contributed by atoms with van der Waals surface area (Å²) in [6, 6.07) is 11.5. The van der Waals surface area contributed by atoms with Gasteiger partial charge in [0.15, 0.2) is 6.61 Å². The second kappa shape index (κ2) is 9.84. The van der Waals surface area contributed by atoms with E-state index in [0.29, 0.717) is 11.4 Å². The van der Waals surface area contributed by atoms with Crippen LogP contribution in [-0.4, -0.2) is 49.8 Å². The van der Waals surface area contributed by atoms with E-state index in [2.05, 4.69) is 15.2 Å². The number of morpholine rings is 1. The Kier molecular flexibility index (Phi) is 6.73. The van der Waals surface area contributed by atoms with E-state index < -0.39 is 5.97 Å². The molecule has 156 valence electrons. The minimum absolute atomic E-state index is 0.0450. The molecule has 9 heteroatoms. The van der Waals surface area contributed by atoms with Crippen LogP contribution < -0.4 is 10.2 Å². The summed E-state index contributed by atoms with van der Waals surface area (Å²) in [6.45, 7) is 2.83. The first-order valence-corrected chi connectivity index (χ1v) is 11.3. The number of esters is 1. The standard InChI is InChI=1S/C21H21N3O4S2/c25-19(22-15-3-5-17(6-4-15)24-7-9-27-10-8-24)13-28-20(26)12-16-14-30-21(23-16)18-2-1-11-29-18/h1-6,11,14H,7-10,12-13H2,(H,22,25). The summed E-state index contributed by atoms with van der Waals surface area (Å²) in [7, 11) is 0. The first-order valence-electron chi connectivity index (χ1n) is 9.54. The Morgan fingerprint density at radius 2 is 1.93 bits per heavy atom. The smallest absolute Gasteiger partial charge is 0.312 e. The second-order valence-corrected chi connectivity index (χ2v) is 8.46. The lowest BCUT2D eigenvalue weighted by Gasteiger charge is -2.28. The van der Waals surface area contributed by atoms with Gasteiger partial charge < -0.3 is 19.7 Å². The predicted molar refractivity (Wildman–Crippen MR) is 118 cm³/mol. The van der Waals surface area contributed by atoms with Gasteiger partial charge in [0.05, 0.1) is 30.2 Å². The van der Waals surface area contributed by atoms with Crippen LogP contribution in [0.5, 0.6) is 0 Å². The van der Waals surface area contributed by atoms with Crippen LogP contribution in [0.3, 0.4) is 0 Å². The molecular weight excluding hydrogens is 422 g/mol. The zero-order chi connectivity index (χ0) is 20.8. The lowest BCUT2D eigenvalue weighted by molar-refractivity contribution is -0.146. The Bertz CT molecular complexity index is 980. The summed E-state index contributed by atoms with van der Waals surface area (Å²) in [5, 5.41) is 7.45. The van der Waals surface area contributed by atoms with Crippen LogP contribution in [0.25, 0.3) is 9.88 Å². The molecule has 7 nitrogen and oxygen atoms in total. The number of amides is 1. The Hall–Kier alpha value is -2.75. The third kappa shape index (κ3) is 5.44. The molecule has 0 bridgehead atoms. The number of hydrogen-bond acceptors (Lipinski definition) is 8. The van der Waals surface area contributed by atoms with E-state index in [1.807, 2.05) is 47.2 Å². The highest BCUT2D eigenvalue weighted by atomic mass is 32.1. The Morgan fingerprint density at radius 3 is 2.67 bits per heavy atom. The molecule has 0 saturated carbocycles. The Morgan fingerprint density at radius 1 is 1.13 bits per heavy atom. The fraction of sp³-hybridized carbons (Fsp3) is 0.286. The van der Waals surface area contributed by atoms with Crippen molar-refractivity contribution in [1.29, 1.82) is 0 Å². The van der Waals surface area contributed by atoms with Gasteiger partial charge in [-0.25, -0.2) is 4.98 Å². The quantitative estimate of drug-likeness (QED) is 0.564. The third-order valence-corrected chi connectivity index (χ3v) is 6.43. The van der Waals surface area contributed by atoms with Gasteiger partial charge in [-0.3, -0.25) is 9.59 Å². The van der Waals surface area contributed by atoms with Crippen LogP contribution in [0.15, 0.2) is 47.2 Å². The Labute approximate surface area is 182 Å². The van der Waals surface area contributed by atoms with Crippen molar-refractivity contribution in [3.63, 3.8) is 0 Å². The molecule has 1 amide bonds. The number of benzene rings is 1. The molecular formula is C21H21N3O4S2. The topological polar surface area (TPSA) is 80.8 Å². The van der Waals surface area contributed by atoms with Gasteiger partial charge in [-0.05, 0) is 35.7 Å². The van der Waals surface area contributed by atoms with Crippen molar-refractivity contribution in [1.82, 2.24) is 4.98 Å². The predicted octanol–water partition coefficient (Wildman–Crippen LogP) is 3.43. The number of nitrogens with zero attached hydrogens (tertiary/aromatic N) is 2. The highest BCUT2D eigenvalue weighted by Gasteiger charge is 2.14. The second-order valence-electron chi connectivity index (χ2n) is 6.65. The molecule has 0 radical (unpaired) electrons. The molecule has 4 rings (SSSR count). The van der Waals surface area contributed by atoms with Crippen molar-refractivity contribution in [2.24, 2.45) is 0 Å². The number of thiazole rings is 1. The largest absolute Gasteiger partial charge is 0.455 e. The van der Waals surface area contributed by atoms with E-state index in [1.165, 1.54) is 11.3 Å². The van der Waals surface area contributed by atoms with Gasteiger partial charge in [-0.15, -0.1) is 22.7 Å². The minimum Gasteiger partial charge on any atom is -0.455 e. The van der Waals surface area contributed by atoms with E-state index in [4.69, 9.17) is 9.47 Å². The molecule has 30 heavy (non-hydrogen) atoms. The number of carbonyl (C=O) groups excluding carboxylic acids is 2. The van der Waals surface area contributed by atoms with Crippen LogP contribution in [0.2, 0.25) is 0 Å².